The summed E-state index contributed by atoms with van der Waals surface area (Å²) in [5.41, 5.74) is 5.67. The Kier molecular flexibility index (Phi) is 3.22. The number of fused-ring (bicyclic) bond motifs is 1. The van der Waals surface area contributed by atoms with E-state index in [1.54, 1.807) is 0 Å². The van der Waals surface area contributed by atoms with Gasteiger partial charge in [0.25, 0.3) is 0 Å². The lowest BCUT2D eigenvalue weighted by atomic mass is 10.2. The summed E-state index contributed by atoms with van der Waals surface area (Å²) >= 11 is 11.9. The number of nitrogens with zero attached hydrogens (tertiary/aromatic N) is 2. The molecule has 8 heteroatoms. The van der Waals surface area contributed by atoms with Gasteiger partial charge in [-0.3, -0.25) is 4.57 Å². The molecule has 108 valence electrons. The number of imidazole rings is 1. The van der Waals surface area contributed by atoms with Crippen molar-refractivity contribution in [3.63, 3.8) is 0 Å². The molecule has 0 saturated carbocycles. The van der Waals surface area contributed by atoms with Crippen LogP contribution in [0.1, 0.15) is 0 Å². The van der Waals surface area contributed by atoms with E-state index in [0.29, 0.717) is 0 Å². The zero-order valence-electron chi connectivity index (χ0n) is 10.2. The van der Waals surface area contributed by atoms with Gasteiger partial charge in [-0.2, -0.15) is 0 Å². The maximum absolute atomic E-state index is 14.0. The highest BCUT2D eigenvalue weighted by Gasteiger charge is 2.21. The van der Waals surface area contributed by atoms with E-state index >= 15 is 0 Å². The van der Waals surface area contributed by atoms with Gasteiger partial charge < -0.3 is 5.73 Å². The molecule has 0 aliphatic rings. The van der Waals surface area contributed by atoms with E-state index in [1.165, 1.54) is 6.07 Å². The predicted octanol–water partition coefficient (Wildman–Crippen LogP) is 4.33. The number of halogens is 5. The van der Waals surface area contributed by atoms with Crippen LogP contribution >= 0.6 is 23.2 Å². The van der Waals surface area contributed by atoms with Gasteiger partial charge in [0.1, 0.15) is 11.3 Å². The van der Waals surface area contributed by atoms with E-state index in [0.717, 1.165) is 22.8 Å². The fraction of sp³-hybridized carbons (Fsp3) is 0. The molecular formula is C13H6Cl2F3N3. The number of nitrogen functional groups attached to an aromatic ring is 1. The third kappa shape index (κ3) is 2.11. The van der Waals surface area contributed by atoms with Crippen molar-refractivity contribution >= 4 is 40.2 Å². The minimum atomic E-state index is -1.15. The lowest BCUT2D eigenvalue weighted by molar-refractivity contribution is 0.514. The molecule has 1 heterocycles. The average Bonchev–Trinajstić information content (AvgIpc) is 2.71. The summed E-state index contributed by atoms with van der Waals surface area (Å²) in [6.07, 6.45) is 0. The number of nitrogens with two attached hydrogens (primary N) is 1. The molecule has 0 spiro atoms. The Labute approximate surface area is 126 Å². The van der Waals surface area contributed by atoms with Crippen molar-refractivity contribution in [2.75, 3.05) is 5.73 Å². The molecule has 0 aliphatic carbocycles. The van der Waals surface area contributed by atoms with Gasteiger partial charge in [0, 0.05) is 0 Å². The number of rotatable bonds is 1. The van der Waals surface area contributed by atoms with E-state index < -0.39 is 17.5 Å². The highest BCUT2D eigenvalue weighted by molar-refractivity contribution is 6.38. The van der Waals surface area contributed by atoms with Crippen molar-refractivity contribution < 1.29 is 13.2 Å². The fourth-order valence-electron chi connectivity index (χ4n) is 2.10. The molecule has 3 nitrogen and oxygen atoms in total. The molecule has 2 aromatic carbocycles. The molecule has 0 unspecified atom stereocenters. The number of hydrogen-bond donors (Lipinski definition) is 1. The Balaban J connectivity index is 2.46. The molecule has 2 N–H and O–H groups in total. The summed E-state index contributed by atoms with van der Waals surface area (Å²) in [6.45, 7) is 0. The summed E-state index contributed by atoms with van der Waals surface area (Å²) in [7, 11) is 0. The van der Waals surface area contributed by atoms with E-state index in [1.807, 2.05) is 0 Å². The van der Waals surface area contributed by atoms with Crippen molar-refractivity contribution in [2.45, 2.75) is 0 Å². The first-order chi connectivity index (χ1) is 9.90. The first kappa shape index (κ1) is 14.0. The molecule has 0 aliphatic heterocycles. The standard InChI is InChI=1S/C13H6Cl2F3N3/c14-6-3-5(16)4-7(15)11(6)21-12-9(20-13(21)19)2-1-8(17)10(12)18/h1-4H,(H2,19,20). The Morgan fingerprint density at radius 2 is 1.67 bits per heavy atom. The fourth-order valence-corrected chi connectivity index (χ4v) is 2.72. The van der Waals surface area contributed by atoms with Crippen LogP contribution < -0.4 is 5.73 Å². The van der Waals surface area contributed by atoms with Crippen molar-refractivity contribution in [1.82, 2.24) is 9.55 Å². The topological polar surface area (TPSA) is 43.8 Å². The third-order valence-corrected chi connectivity index (χ3v) is 3.52. The molecule has 0 bridgehead atoms. The van der Waals surface area contributed by atoms with Crippen LogP contribution in [-0.2, 0) is 0 Å². The van der Waals surface area contributed by atoms with Crippen molar-refractivity contribution in [1.29, 1.82) is 0 Å². The Hall–Kier alpha value is -1.92. The summed E-state index contributed by atoms with van der Waals surface area (Å²) in [4.78, 5) is 3.92. The van der Waals surface area contributed by atoms with Gasteiger partial charge in [0.15, 0.2) is 11.6 Å². The number of benzene rings is 2. The summed E-state index contributed by atoms with van der Waals surface area (Å²) in [5.74, 6) is -3.03. The minimum Gasteiger partial charge on any atom is -0.369 e. The molecule has 0 saturated heterocycles. The van der Waals surface area contributed by atoms with Gasteiger partial charge in [-0.15, -0.1) is 0 Å². The highest BCUT2D eigenvalue weighted by atomic mass is 35.5. The molecule has 0 amide bonds. The second kappa shape index (κ2) is 4.82. The van der Waals surface area contributed by atoms with Crippen molar-refractivity contribution in [3.05, 3.63) is 51.8 Å². The maximum atomic E-state index is 14.0. The average molecular weight is 332 g/mol. The largest absolute Gasteiger partial charge is 0.369 e. The number of hydrogen-bond acceptors (Lipinski definition) is 2. The normalized spacial score (nSPS) is 11.3. The third-order valence-electron chi connectivity index (χ3n) is 2.94. The Bertz CT molecular complexity index is 854. The summed E-state index contributed by atoms with van der Waals surface area (Å²) < 4.78 is 41.8. The predicted molar refractivity (Wildman–Crippen MR) is 75.4 cm³/mol. The van der Waals surface area contributed by atoms with Crippen LogP contribution in [0.3, 0.4) is 0 Å². The lowest BCUT2D eigenvalue weighted by Crippen LogP contribution is -2.04. The minimum absolute atomic E-state index is 0.0317. The van der Waals surface area contributed by atoms with Gasteiger partial charge in [0.2, 0.25) is 5.95 Å². The lowest BCUT2D eigenvalue weighted by Gasteiger charge is -2.11. The molecule has 0 fully saturated rings. The van der Waals surface area contributed by atoms with E-state index in [-0.39, 0.29) is 32.7 Å². The Morgan fingerprint density at radius 3 is 2.29 bits per heavy atom. The smallest absolute Gasteiger partial charge is 0.206 e. The van der Waals surface area contributed by atoms with Crippen LogP contribution in [0.5, 0.6) is 0 Å². The van der Waals surface area contributed by atoms with Crippen molar-refractivity contribution in [3.8, 4) is 5.69 Å². The number of aromatic nitrogens is 2. The van der Waals surface area contributed by atoms with Crippen LogP contribution in [0.4, 0.5) is 19.1 Å². The first-order valence-electron chi connectivity index (χ1n) is 5.67. The molecule has 21 heavy (non-hydrogen) atoms. The van der Waals surface area contributed by atoms with Gasteiger partial charge in [-0.05, 0) is 24.3 Å². The molecule has 3 rings (SSSR count). The van der Waals surface area contributed by atoms with Crippen LogP contribution in [0.25, 0.3) is 16.7 Å². The van der Waals surface area contributed by atoms with Crippen LogP contribution in [0.2, 0.25) is 10.0 Å². The summed E-state index contributed by atoms with van der Waals surface area (Å²) in [6, 6.07) is 4.19. The van der Waals surface area contributed by atoms with E-state index in [2.05, 4.69) is 4.98 Å². The Morgan fingerprint density at radius 1 is 1.05 bits per heavy atom. The van der Waals surface area contributed by atoms with Gasteiger partial charge in [-0.1, -0.05) is 23.2 Å². The second-order valence-electron chi connectivity index (χ2n) is 4.25. The van der Waals surface area contributed by atoms with Crippen LogP contribution in [0.15, 0.2) is 24.3 Å². The molecule has 3 aromatic rings. The molecular weight excluding hydrogens is 326 g/mol. The van der Waals surface area contributed by atoms with Gasteiger partial charge in [-0.25, -0.2) is 18.2 Å². The van der Waals surface area contributed by atoms with Gasteiger partial charge >= 0.3 is 0 Å². The second-order valence-corrected chi connectivity index (χ2v) is 5.07. The SMILES string of the molecule is Nc1nc2ccc(F)c(F)c2n1-c1c(Cl)cc(F)cc1Cl. The van der Waals surface area contributed by atoms with Crippen LogP contribution in [-0.4, -0.2) is 9.55 Å². The van der Waals surface area contributed by atoms with Crippen LogP contribution in [0, 0.1) is 17.5 Å². The quantitative estimate of drug-likeness (QED) is 0.721. The summed E-state index contributed by atoms with van der Waals surface area (Å²) in [5, 5.41) is -0.204. The zero-order valence-corrected chi connectivity index (χ0v) is 11.7. The molecule has 1 aromatic heterocycles. The number of anilines is 1. The van der Waals surface area contributed by atoms with E-state index in [9.17, 15) is 13.2 Å². The molecule has 0 radical (unpaired) electrons. The molecule has 0 atom stereocenters. The monoisotopic (exact) mass is 331 g/mol. The van der Waals surface area contributed by atoms with Crippen molar-refractivity contribution in [2.24, 2.45) is 0 Å². The maximum Gasteiger partial charge on any atom is 0.206 e. The highest BCUT2D eigenvalue weighted by Crippen LogP contribution is 2.35. The first-order valence-corrected chi connectivity index (χ1v) is 6.42. The zero-order chi connectivity index (χ0) is 15.3. The van der Waals surface area contributed by atoms with Gasteiger partial charge in [0.05, 0.1) is 21.2 Å². The van der Waals surface area contributed by atoms with E-state index in [4.69, 9.17) is 28.9 Å².